The molecule has 0 aromatic heterocycles. The lowest BCUT2D eigenvalue weighted by atomic mass is 9.77. The molecular formula is C9H11F3O2. The van der Waals surface area contributed by atoms with Crippen molar-refractivity contribution in [2.45, 2.75) is 32.4 Å². The van der Waals surface area contributed by atoms with E-state index in [1.807, 2.05) is 0 Å². The largest absolute Gasteiger partial charge is 0.450 e. The van der Waals surface area contributed by atoms with Gasteiger partial charge in [0.25, 0.3) is 0 Å². The van der Waals surface area contributed by atoms with Crippen LogP contribution < -0.4 is 0 Å². The normalized spacial score (nSPS) is 20.0. The van der Waals surface area contributed by atoms with Gasteiger partial charge in [0.15, 0.2) is 0 Å². The molecule has 80 valence electrons. The van der Waals surface area contributed by atoms with Gasteiger partial charge in [0.1, 0.15) is 5.78 Å². The smallest absolute Gasteiger partial charge is 0.299 e. The summed E-state index contributed by atoms with van der Waals surface area (Å²) in [6.07, 6.45) is -2.79. The first-order valence-corrected chi connectivity index (χ1v) is 4.49. The maximum Gasteiger partial charge on any atom is 0.450 e. The Bertz CT molecular complexity index is 253. The quantitative estimate of drug-likeness (QED) is 0.666. The van der Waals surface area contributed by atoms with Gasteiger partial charge in [0.2, 0.25) is 5.78 Å². The van der Waals surface area contributed by atoms with Crippen LogP contribution >= 0.6 is 0 Å². The fourth-order valence-corrected chi connectivity index (χ4v) is 1.42. The fraction of sp³-hybridized carbons (Fsp3) is 0.778. The number of carbonyl (C=O) groups is 2. The van der Waals surface area contributed by atoms with Gasteiger partial charge in [-0.2, -0.15) is 13.2 Å². The minimum absolute atomic E-state index is 0.323. The average molecular weight is 208 g/mol. The molecule has 0 saturated heterocycles. The van der Waals surface area contributed by atoms with Crippen LogP contribution in [0.2, 0.25) is 0 Å². The van der Waals surface area contributed by atoms with Gasteiger partial charge in [0.05, 0.1) is 5.92 Å². The van der Waals surface area contributed by atoms with Crippen LogP contribution in [0.5, 0.6) is 0 Å². The lowest BCUT2D eigenvalue weighted by Gasteiger charge is -2.26. The average Bonchev–Trinajstić information content (AvgIpc) is 1.96. The Balaban J connectivity index is 2.60. The number of Topliss-reactive ketones (excluding diaryl/α,β-unsaturated/α-hetero) is 2. The van der Waals surface area contributed by atoms with Crippen LogP contribution in [0.1, 0.15) is 26.2 Å². The van der Waals surface area contributed by atoms with E-state index in [2.05, 4.69) is 0 Å². The van der Waals surface area contributed by atoms with Crippen molar-refractivity contribution >= 4 is 11.6 Å². The molecule has 0 N–H and O–H groups in total. The summed E-state index contributed by atoms with van der Waals surface area (Å²) in [7, 11) is 0. The zero-order valence-electron chi connectivity index (χ0n) is 7.73. The summed E-state index contributed by atoms with van der Waals surface area (Å²) in [4.78, 5) is 22.0. The summed E-state index contributed by atoms with van der Waals surface area (Å²) in [6.45, 7) is 1.04. The summed E-state index contributed by atoms with van der Waals surface area (Å²) < 4.78 is 35.8. The lowest BCUT2D eigenvalue weighted by Crippen LogP contribution is -2.38. The number of carbonyl (C=O) groups excluding carboxylic acids is 2. The Morgan fingerprint density at radius 2 is 1.79 bits per heavy atom. The van der Waals surface area contributed by atoms with E-state index in [9.17, 15) is 22.8 Å². The van der Waals surface area contributed by atoms with Crippen molar-refractivity contribution in [1.29, 1.82) is 0 Å². The second-order valence-corrected chi connectivity index (χ2v) is 3.61. The van der Waals surface area contributed by atoms with Crippen molar-refractivity contribution in [3.05, 3.63) is 0 Å². The summed E-state index contributed by atoms with van der Waals surface area (Å²) >= 11 is 0. The Morgan fingerprint density at radius 1 is 1.29 bits per heavy atom. The van der Waals surface area contributed by atoms with Crippen molar-refractivity contribution in [3.8, 4) is 0 Å². The molecule has 1 rings (SSSR count). The summed E-state index contributed by atoms with van der Waals surface area (Å²) in [5.41, 5.74) is 0. The number of rotatable bonds is 3. The standard InChI is InChI=1S/C9H11F3O2/c1-5(8(14)9(10,11)12)7(13)6-3-2-4-6/h5-6H,2-4H2,1H3. The van der Waals surface area contributed by atoms with E-state index in [1.54, 1.807) is 0 Å². The minimum Gasteiger partial charge on any atom is -0.299 e. The third kappa shape index (κ3) is 2.13. The number of hydrogen-bond donors (Lipinski definition) is 0. The maximum absolute atomic E-state index is 11.9. The van der Waals surface area contributed by atoms with Gasteiger partial charge in [-0.05, 0) is 19.8 Å². The van der Waals surface area contributed by atoms with Gasteiger partial charge >= 0.3 is 6.18 Å². The van der Waals surface area contributed by atoms with E-state index in [0.29, 0.717) is 12.8 Å². The second kappa shape index (κ2) is 3.71. The molecule has 0 bridgehead atoms. The van der Waals surface area contributed by atoms with E-state index < -0.39 is 23.7 Å². The number of alkyl halides is 3. The monoisotopic (exact) mass is 208 g/mol. The van der Waals surface area contributed by atoms with Gasteiger partial charge in [-0.15, -0.1) is 0 Å². The molecule has 1 fully saturated rings. The summed E-state index contributed by atoms with van der Waals surface area (Å²) in [6, 6.07) is 0. The van der Waals surface area contributed by atoms with Crippen molar-refractivity contribution in [3.63, 3.8) is 0 Å². The molecule has 0 aliphatic heterocycles. The Morgan fingerprint density at radius 3 is 2.07 bits per heavy atom. The van der Waals surface area contributed by atoms with Crippen LogP contribution in [-0.2, 0) is 9.59 Å². The highest BCUT2D eigenvalue weighted by molar-refractivity contribution is 6.05. The van der Waals surface area contributed by atoms with Gasteiger partial charge in [0, 0.05) is 5.92 Å². The summed E-state index contributed by atoms with van der Waals surface area (Å²) in [5, 5.41) is 0. The molecule has 0 heterocycles. The molecular weight excluding hydrogens is 197 g/mol. The van der Waals surface area contributed by atoms with Crippen LogP contribution in [0.4, 0.5) is 13.2 Å². The van der Waals surface area contributed by atoms with Crippen LogP contribution in [0.15, 0.2) is 0 Å². The van der Waals surface area contributed by atoms with Crippen LogP contribution in [0, 0.1) is 11.8 Å². The first-order valence-electron chi connectivity index (χ1n) is 4.49. The molecule has 0 amide bonds. The van der Waals surface area contributed by atoms with E-state index in [-0.39, 0.29) is 5.92 Å². The molecule has 0 spiro atoms. The molecule has 5 heteroatoms. The molecule has 1 aliphatic carbocycles. The molecule has 1 aliphatic rings. The van der Waals surface area contributed by atoms with Crippen LogP contribution in [-0.4, -0.2) is 17.7 Å². The molecule has 1 unspecified atom stereocenters. The van der Waals surface area contributed by atoms with Crippen molar-refractivity contribution in [1.82, 2.24) is 0 Å². The highest BCUT2D eigenvalue weighted by atomic mass is 19.4. The molecule has 0 radical (unpaired) electrons. The maximum atomic E-state index is 11.9. The first-order chi connectivity index (χ1) is 6.34. The highest BCUT2D eigenvalue weighted by Crippen LogP contribution is 2.31. The third-order valence-corrected chi connectivity index (χ3v) is 2.61. The van der Waals surface area contributed by atoms with Crippen LogP contribution in [0.25, 0.3) is 0 Å². The Labute approximate surface area is 79.5 Å². The highest BCUT2D eigenvalue weighted by Gasteiger charge is 2.45. The van der Waals surface area contributed by atoms with Gasteiger partial charge in [-0.1, -0.05) is 6.42 Å². The topological polar surface area (TPSA) is 34.1 Å². The molecule has 2 nitrogen and oxygen atoms in total. The van der Waals surface area contributed by atoms with E-state index in [4.69, 9.17) is 0 Å². The molecule has 1 saturated carbocycles. The zero-order valence-corrected chi connectivity index (χ0v) is 7.73. The molecule has 14 heavy (non-hydrogen) atoms. The number of halogens is 3. The molecule has 0 aromatic carbocycles. The second-order valence-electron chi connectivity index (χ2n) is 3.61. The molecule has 1 atom stereocenters. The first kappa shape index (κ1) is 11.2. The van der Waals surface area contributed by atoms with Gasteiger partial charge < -0.3 is 0 Å². The predicted molar refractivity (Wildman–Crippen MR) is 42.6 cm³/mol. The fourth-order valence-electron chi connectivity index (χ4n) is 1.42. The van der Waals surface area contributed by atoms with Crippen molar-refractivity contribution in [2.75, 3.05) is 0 Å². The lowest BCUT2D eigenvalue weighted by molar-refractivity contribution is -0.176. The van der Waals surface area contributed by atoms with E-state index in [0.717, 1.165) is 13.3 Å². The Kier molecular flexibility index (Phi) is 2.97. The number of hydrogen-bond acceptors (Lipinski definition) is 2. The number of ketones is 2. The van der Waals surface area contributed by atoms with Gasteiger partial charge in [-0.3, -0.25) is 9.59 Å². The van der Waals surface area contributed by atoms with Crippen molar-refractivity contribution in [2.24, 2.45) is 11.8 Å². The Hall–Kier alpha value is -0.870. The zero-order chi connectivity index (χ0) is 10.9. The SMILES string of the molecule is CC(C(=O)C1CCC1)C(=O)C(F)(F)F. The van der Waals surface area contributed by atoms with E-state index in [1.165, 1.54) is 0 Å². The molecule has 0 aromatic rings. The van der Waals surface area contributed by atoms with Crippen molar-refractivity contribution < 1.29 is 22.8 Å². The predicted octanol–water partition coefficient (Wildman–Crippen LogP) is 2.12. The van der Waals surface area contributed by atoms with E-state index >= 15 is 0 Å². The minimum atomic E-state index is -4.89. The summed E-state index contributed by atoms with van der Waals surface area (Å²) in [5.74, 6) is -4.33. The van der Waals surface area contributed by atoms with Crippen LogP contribution in [0.3, 0.4) is 0 Å². The third-order valence-electron chi connectivity index (χ3n) is 2.61. The van der Waals surface area contributed by atoms with Gasteiger partial charge in [-0.25, -0.2) is 0 Å².